The topological polar surface area (TPSA) is 9.23 Å². The number of ether oxygens (including phenoxy) is 1. The minimum atomic E-state index is -0.269. The lowest BCUT2D eigenvalue weighted by atomic mass is 9.55. The average Bonchev–Trinajstić information content (AvgIpc) is 3.42. The first-order chi connectivity index (χ1) is 14.4. The van der Waals surface area contributed by atoms with Crippen LogP contribution in [-0.4, -0.2) is 0 Å². The highest BCUT2D eigenvalue weighted by molar-refractivity contribution is 5.65. The summed E-state index contributed by atoms with van der Waals surface area (Å²) in [6, 6.07) is 31.7. The Kier molecular flexibility index (Phi) is 2.06. The highest BCUT2D eigenvalue weighted by atomic mass is 16.5. The standard InChI is InChI=1S/C28H22O/c1-3-9-16(10-4-1)27-19-13-7-8-14-20(19)28(29-27,17-11-5-2-6-12-17)26-21-15-18-22(24(21)26)23(18)25(26)27/h1-14,18,21-25H,15H2/t18?,21?,22?,23?,24?,25?,26?,27-,28+/m1/s1. The zero-order valence-corrected chi connectivity index (χ0v) is 16.2. The van der Waals surface area contributed by atoms with Gasteiger partial charge in [0, 0.05) is 11.3 Å². The molecule has 2 aliphatic heterocycles. The fourth-order valence-corrected chi connectivity index (χ4v) is 9.76. The largest absolute Gasteiger partial charge is 0.349 e. The molecule has 4 aliphatic carbocycles. The van der Waals surface area contributed by atoms with Crippen LogP contribution >= 0.6 is 0 Å². The van der Waals surface area contributed by atoms with Crippen molar-refractivity contribution in [2.75, 3.05) is 0 Å². The summed E-state index contributed by atoms with van der Waals surface area (Å²) < 4.78 is 7.60. The maximum Gasteiger partial charge on any atom is 0.127 e. The highest BCUT2D eigenvalue weighted by Gasteiger charge is 3.01. The van der Waals surface area contributed by atoms with E-state index in [0.29, 0.717) is 11.3 Å². The van der Waals surface area contributed by atoms with Gasteiger partial charge in [0.05, 0.1) is 0 Å². The van der Waals surface area contributed by atoms with Crippen molar-refractivity contribution in [1.82, 2.24) is 0 Å². The van der Waals surface area contributed by atoms with Crippen molar-refractivity contribution >= 4 is 0 Å². The Hall–Kier alpha value is -2.38. The molecule has 0 radical (unpaired) electrons. The molecule has 1 saturated heterocycles. The van der Waals surface area contributed by atoms with E-state index in [1.807, 2.05) is 0 Å². The maximum absolute atomic E-state index is 7.60. The highest BCUT2D eigenvalue weighted by Crippen LogP contribution is 3.02. The molecule has 9 rings (SSSR count). The van der Waals surface area contributed by atoms with Crippen LogP contribution in [0.5, 0.6) is 0 Å². The summed E-state index contributed by atoms with van der Waals surface area (Å²) in [7, 11) is 0. The van der Waals surface area contributed by atoms with E-state index in [2.05, 4.69) is 84.9 Å². The second-order valence-corrected chi connectivity index (χ2v) is 10.4. The predicted molar refractivity (Wildman–Crippen MR) is 110 cm³/mol. The van der Waals surface area contributed by atoms with Crippen LogP contribution in [0, 0.1) is 40.9 Å². The summed E-state index contributed by atoms with van der Waals surface area (Å²) in [5.74, 6) is 5.25. The van der Waals surface area contributed by atoms with Gasteiger partial charge in [-0.2, -0.15) is 0 Å². The van der Waals surface area contributed by atoms with Gasteiger partial charge in [-0.3, -0.25) is 0 Å². The molecule has 2 heterocycles. The van der Waals surface area contributed by atoms with Crippen LogP contribution in [-0.2, 0) is 15.9 Å². The lowest BCUT2D eigenvalue weighted by Crippen LogP contribution is -2.45. The minimum absolute atomic E-state index is 0.265. The van der Waals surface area contributed by atoms with E-state index in [9.17, 15) is 0 Å². The summed E-state index contributed by atoms with van der Waals surface area (Å²) >= 11 is 0. The molecule has 0 amide bonds. The van der Waals surface area contributed by atoms with E-state index in [0.717, 1.165) is 29.6 Å². The van der Waals surface area contributed by atoms with Crippen LogP contribution in [0.3, 0.4) is 0 Å². The second-order valence-electron chi connectivity index (χ2n) is 10.4. The van der Waals surface area contributed by atoms with Crippen LogP contribution < -0.4 is 0 Å². The summed E-state index contributed by atoms with van der Waals surface area (Å²) in [6.45, 7) is 0. The van der Waals surface area contributed by atoms with Crippen molar-refractivity contribution in [3.05, 3.63) is 107 Å². The van der Waals surface area contributed by atoms with Gasteiger partial charge in [0.1, 0.15) is 11.2 Å². The predicted octanol–water partition coefficient (Wildman–Crippen LogP) is 5.35. The molecule has 140 valence electrons. The van der Waals surface area contributed by atoms with Gasteiger partial charge in [-0.15, -0.1) is 0 Å². The Morgan fingerprint density at radius 1 is 0.690 bits per heavy atom. The molecule has 1 heteroatoms. The molecule has 5 fully saturated rings. The van der Waals surface area contributed by atoms with Gasteiger partial charge in [0.25, 0.3) is 0 Å². The van der Waals surface area contributed by atoms with Gasteiger partial charge < -0.3 is 4.74 Å². The Labute approximate surface area is 170 Å². The van der Waals surface area contributed by atoms with Gasteiger partial charge in [-0.25, -0.2) is 0 Å². The van der Waals surface area contributed by atoms with Gasteiger partial charge in [0.15, 0.2) is 0 Å². The van der Waals surface area contributed by atoms with Crippen LogP contribution in [0.4, 0.5) is 0 Å². The van der Waals surface area contributed by atoms with E-state index in [4.69, 9.17) is 4.74 Å². The van der Waals surface area contributed by atoms with Crippen molar-refractivity contribution in [3.63, 3.8) is 0 Å². The molecule has 29 heavy (non-hydrogen) atoms. The van der Waals surface area contributed by atoms with Crippen LogP contribution in [0.2, 0.25) is 0 Å². The number of hydrogen-bond acceptors (Lipinski definition) is 1. The van der Waals surface area contributed by atoms with Crippen LogP contribution in [0.25, 0.3) is 0 Å². The molecular weight excluding hydrogens is 352 g/mol. The summed E-state index contributed by atoms with van der Waals surface area (Å²) in [6.07, 6.45) is 1.46. The quantitative estimate of drug-likeness (QED) is 0.588. The van der Waals surface area contributed by atoms with E-state index >= 15 is 0 Å². The molecular formula is C28H22O. The average molecular weight is 374 g/mol. The first-order valence-corrected chi connectivity index (χ1v) is 11.3. The Balaban J connectivity index is 1.45. The third-order valence-electron chi connectivity index (χ3n) is 10.1. The number of hydrogen-bond donors (Lipinski definition) is 0. The molecule has 9 atom stereocenters. The Bertz CT molecular complexity index is 1220. The lowest BCUT2D eigenvalue weighted by molar-refractivity contribution is -0.0659. The molecule has 4 saturated carbocycles. The lowest BCUT2D eigenvalue weighted by Gasteiger charge is -2.44. The van der Waals surface area contributed by atoms with Crippen LogP contribution in [0.15, 0.2) is 84.9 Å². The molecule has 3 aromatic rings. The first-order valence-electron chi connectivity index (χ1n) is 11.3. The van der Waals surface area contributed by atoms with Crippen LogP contribution in [0.1, 0.15) is 28.7 Å². The molecule has 2 bridgehead atoms. The van der Waals surface area contributed by atoms with Gasteiger partial charge in [-0.1, -0.05) is 84.9 Å². The zero-order valence-electron chi connectivity index (χ0n) is 16.2. The number of rotatable bonds is 2. The molecule has 0 aromatic heterocycles. The molecule has 1 spiro atoms. The SMILES string of the molecule is c1ccc([C@@]23O[C@@](c4ccccc4)(c4ccccc42)C24C5CC6C(C6C23)C54)cc1. The smallest absolute Gasteiger partial charge is 0.127 e. The molecule has 1 nitrogen and oxygen atoms in total. The summed E-state index contributed by atoms with van der Waals surface area (Å²) in [5.41, 5.74) is 5.46. The third kappa shape index (κ3) is 1.15. The summed E-state index contributed by atoms with van der Waals surface area (Å²) in [4.78, 5) is 0. The van der Waals surface area contributed by atoms with Gasteiger partial charge in [-0.05, 0) is 58.3 Å². The Morgan fingerprint density at radius 3 is 2.07 bits per heavy atom. The van der Waals surface area contributed by atoms with Gasteiger partial charge in [0.2, 0.25) is 0 Å². The Morgan fingerprint density at radius 2 is 1.34 bits per heavy atom. The molecule has 7 unspecified atom stereocenters. The molecule has 6 aliphatic rings. The summed E-state index contributed by atoms with van der Waals surface area (Å²) in [5, 5.41) is 0. The maximum atomic E-state index is 7.60. The zero-order chi connectivity index (χ0) is 18.6. The molecule has 0 N–H and O–H groups in total. The third-order valence-corrected chi connectivity index (χ3v) is 10.1. The van der Waals surface area contributed by atoms with Crippen molar-refractivity contribution in [2.24, 2.45) is 40.9 Å². The number of benzene rings is 3. The van der Waals surface area contributed by atoms with E-state index in [1.165, 1.54) is 28.7 Å². The minimum Gasteiger partial charge on any atom is -0.349 e. The number of fused-ring (bicyclic) bond motifs is 8. The van der Waals surface area contributed by atoms with Crippen molar-refractivity contribution in [1.29, 1.82) is 0 Å². The fraction of sp³-hybridized carbons (Fsp3) is 0.357. The second kappa shape index (κ2) is 4.09. The normalized spacial score (nSPS) is 50.2. The van der Waals surface area contributed by atoms with Crippen molar-refractivity contribution in [3.8, 4) is 0 Å². The fourth-order valence-electron chi connectivity index (χ4n) is 9.76. The van der Waals surface area contributed by atoms with E-state index in [-0.39, 0.29) is 11.2 Å². The van der Waals surface area contributed by atoms with Crippen molar-refractivity contribution < 1.29 is 4.74 Å². The molecule has 3 aromatic carbocycles. The van der Waals surface area contributed by atoms with E-state index in [1.54, 1.807) is 0 Å². The monoisotopic (exact) mass is 374 g/mol. The first kappa shape index (κ1) is 14.6. The van der Waals surface area contributed by atoms with E-state index < -0.39 is 0 Å². The van der Waals surface area contributed by atoms with Gasteiger partial charge >= 0.3 is 0 Å². The van der Waals surface area contributed by atoms with Crippen molar-refractivity contribution in [2.45, 2.75) is 17.6 Å².